The molecule has 0 aliphatic carbocycles. The molecule has 3 N–H and O–H groups in total. The van der Waals surface area contributed by atoms with Gasteiger partial charge in [0.1, 0.15) is 23.3 Å². The Balaban J connectivity index is 0.000000383. The molecule has 0 fully saturated rings. The Morgan fingerprint density at radius 3 is 2.22 bits per heavy atom. The highest BCUT2D eigenvalue weighted by atomic mass is 16.5. The summed E-state index contributed by atoms with van der Waals surface area (Å²) in [6, 6.07) is 26.1. The number of amides is 1. The summed E-state index contributed by atoms with van der Waals surface area (Å²) in [5, 5.41) is 31.4. The van der Waals surface area contributed by atoms with Gasteiger partial charge in [-0.05, 0) is 42.3 Å². The third-order valence-corrected chi connectivity index (χ3v) is 5.12. The summed E-state index contributed by atoms with van der Waals surface area (Å²) in [6.07, 6.45) is 0.867. The summed E-state index contributed by atoms with van der Waals surface area (Å²) in [4.78, 5) is 26.7. The van der Waals surface area contributed by atoms with Crippen LogP contribution in [0.1, 0.15) is 35.1 Å². The van der Waals surface area contributed by atoms with Crippen LogP contribution >= 0.6 is 0 Å². The number of nitriles is 1. The molecule has 4 aromatic rings. The van der Waals surface area contributed by atoms with E-state index in [4.69, 9.17) is 9.84 Å². The van der Waals surface area contributed by atoms with Crippen molar-refractivity contribution in [3.8, 4) is 23.3 Å². The average molecular weight is 484 g/mol. The molecule has 1 aromatic heterocycles. The lowest BCUT2D eigenvalue weighted by Crippen LogP contribution is -2.27. The van der Waals surface area contributed by atoms with Crippen LogP contribution in [-0.4, -0.2) is 33.6 Å². The number of aromatic hydroxyl groups is 1. The number of carboxylic acids is 1. The molecular formula is C28H25N3O5. The van der Waals surface area contributed by atoms with E-state index in [1.807, 2.05) is 30.3 Å². The molecule has 8 heteroatoms. The van der Waals surface area contributed by atoms with Crippen LogP contribution in [0.25, 0.3) is 10.8 Å². The summed E-state index contributed by atoms with van der Waals surface area (Å²) < 4.78 is 5.73. The molecule has 0 unspecified atom stereocenters. The Kier molecular flexibility index (Phi) is 8.95. The van der Waals surface area contributed by atoms with Crippen molar-refractivity contribution in [1.29, 1.82) is 5.26 Å². The third kappa shape index (κ3) is 6.81. The second-order valence-corrected chi connectivity index (χ2v) is 7.63. The van der Waals surface area contributed by atoms with Crippen molar-refractivity contribution in [2.75, 3.05) is 6.54 Å². The van der Waals surface area contributed by atoms with Crippen LogP contribution < -0.4 is 10.1 Å². The van der Waals surface area contributed by atoms with E-state index >= 15 is 0 Å². The van der Waals surface area contributed by atoms with Gasteiger partial charge >= 0.3 is 5.97 Å². The van der Waals surface area contributed by atoms with Gasteiger partial charge in [0.2, 0.25) is 0 Å². The van der Waals surface area contributed by atoms with Gasteiger partial charge < -0.3 is 20.3 Å². The Bertz CT molecular complexity index is 1380. The van der Waals surface area contributed by atoms with E-state index in [-0.39, 0.29) is 29.7 Å². The molecule has 0 saturated heterocycles. The van der Waals surface area contributed by atoms with Crippen molar-refractivity contribution in [3.05, 3.63) is 95.8 Å². The molecule has 8 nitrogen and oxygen atoms in total. The van der Waals surface area contributed by atoms with E-state index in [0.29, 0.717) is 16.9 Å². The lowest BCUT2D eigenvalue weighted by molar-refractivity contribution is -0.136. The fourth-order valence-corrected chi connectivity index (χ4v) is 3.29. The first kappa shape index (κ1) is 25.7. The van der Waals surface area contributed by atoms with E-state index in [2.05, 4.69) is 41.5 Å². The first-order valence-corrected chi connectivity index (χ1v) is 11.3. The van der Waals surface area contributed by atoms with Crippen molar-refractivity contribution in [2.45, 2.75) is 19.8 Å². The second kappa shape index (κ2) is 12.5. The molecule has 3 aromatic carbocycles. The van der Waals surface area contributed by atoms with Crippen molar-refractivity contribution in [2.24, 2.45) is 0 Å². The summed E-state index contributed by atoms with van der Waals surface area (Å²) in [7, 11) is 0. The number of carboxylic acid groups (broad SMARTS) is 1. The first-order chi connectivity index (χ1) is 17.4. The average Bonchev–Trinajstić information content (AvgIpc) is 2.90. The summed E-state index contributed by atoms with van der Waals surface area (Å²) >= 11 is 0. The van der Waals surface area contributed by atoms with Crippen LogP contribution in [0.3, 0.4) is 0 Å². The number of nitrogens with one attached hydrogen (secondary N) is 1. The van der Waals surface area contributed by atoms with Gasteiger partial charge in [-0.3, -0.25) is 9.59 Å². The fourth-order valence-electron chi connectivity index (χ4n) is 3.29. The topological polar surface area (TPSA) is 133 Å². The maximum atomic E-state index is 12.2. The van der Waals surface area contributed by atoms with Crippen LogP contribution in [0.2, 0.25) is 0 Å². The van der Waals surface area contributed by atoms with E-state index < -0.39 is 17.6 Å². The van der Waals surface area contributed by atoms with E-state index in [9.17, 15) is 20.0 Å². The van der Waals surface area contributed by atoms with Gasteiger partial charge in [-0.1, -0.05) is 55.5 Å². The molecule has 4 rings (SSSR count). The predicted octanol–water partition coefficient (Wildman–Crippen LogP) is 5.06. The minimum Gasteiger partial charge on any atom is -0.505 e. The first-order valence-electron chi connectivity index (χ1n) is 11.3. The predicted molar refractivity (Wildman–Crippen MR) is 135 cm³/mol. The highest BCUT2D eigenvalue weighted by molar-refractivity contribution is 6.03. The standard InChI is InChI=1S/C20H15N3O5.C8H10/c21-11-16-15-10-13(28-12-4-2-1-3-5-12)6-7-14(15)19(26)18(23-16)20(27)22-9-8-17(24)25;1-2-8-6-4-3-5-7-8/h1-7,10,26H,8-9H2,(H,22,27)(H,24,25);3-7H,2H2,1H3. The van der Waals surface area contributed by atoms with Gasteiger partial charge in [-0.15, -0.1) is 0 Å². The van der Waals surface area contributed by atoms with Gasteiger partial charge in [-0.2, -0.15) is 5.26 Å². The molecule has 1 amide bonds. The third-order valence-electron chi connectivity index (χ3n) is 5.12. The molecule has 0 aliphatic rings. The van der Waals surface area contributed by atoms with Gasteiger partial charge in [0.05, 0.1) is 6.42 Å². The van der Waals surface area contributed by atoms with Gasteiger partial charge in [-0.25, -0.2) is 4.98 Å². The Morgan fingerprint density at radius 1 is 0.972 bits per heavy atom. The monoisotopic (exact) mass is 483 g/mol. The molecule has 1 heterocycles. The van der Waals surface area contributed by atoms with Crippen molar-refractivity contribution >= 4 is 22.6 Å². The maximum absolute atomic E-state index is 12.2. The lowest BCUT2D eigenvalue weighted by atomic mass is 10.1. The molecule has 0 atom stereocenters. The summed E-state index contributed by atoms with van der Waals surface area (Å²) in [5.74, 6) is -1.18. The number of hydrogen-bond acceptors (Lipinski definition) is 6. The molecular weight excluding hydrogens is 458 g/mol. The lowest BCUT2D eigenvalue weighted by Gasteiger charge is -2.11. The highest BCUT2D eigenvalue weighted by Gasteiger charge is 2.19. The number of aromatic nitrogens is 1. The molecule has 0 saturated carbocycles. The normalized spacial score (nSPS) is 10.0. The number of rotatable bonds is 7. The van der Waals surface area contributed by atoms with E-state index in [0.717, 1.165) is 6.42 Å². The highest BCUT2D eigenvalue weighted by Crippen LogP contribution is 2.33. The van der Waals surface area contributed by atoms with Crippen molar-refractivity contribution < 1.29 is 24.5 Å². The van der Waals surface area contributed by atoms with Gasteiger partial charge in [0, 0.05) is 17.3 Å². The molecule has 36 heavy (non-hydrogen) atoms. The molecule has 182 valence electrons. The van der Waals surface area contributed by atoms with Gasteiger partial charge in [0.25, 0.3) is 5.91 Å². The number of benzene rings is 3. The largest absolute Gasteiger partial charge is 0.505 e. The number of aryl methyl sites for hydroxylation is 1. The Hall–Kier alpha value is -4.90. The molecule has 0 aliphatic heterocycles. The van der Waals surface area contributed by atoms with Crippen LogP contribution in [0, 0.1) is 11.3 Å². The minimum absolute atomic E-state index is 0.0605. The van der Waals surface area contributed by atoms with Crippen molar-refractivity contribution in [1.82, 2.24) is 10.3 Å². The number of nitrogens with zero attached hydrogens (tertiary/aromatic N) is 2. The number of carbonyl (C=O) groups excluding carboxylic acids is 1. The van der Waals surface area contributed by atoms with E-state index in [1.165, 1.54) is 11.6 Å². The Morgan fingerprint density at radius 2 is 1.64 bits per heavy atom. The van der Waals surface area contributed by atoms with Gasteiger partial charge in [0.15, 0.2) is 11.4 Å². The number of para-hydroxylation sites is 1. The van der Waals surface area contributed by atoms with Crippen molar-refractivity contribution in [3.63, 3.8) is 0 Å². The zero-order valence-corrected chi connectivity index (χ0v) is 19.6. The number of hydrogen-bond donors (Lipinski definition) is 3. The number of fused-ring (bicyclic) bond motifs is 1. The number of pyridine rings is 1. The quantitative estimate of drug-likeness (QED) is 0.335. The zero-order valence-electron chi connectivity index (χ0n) is 19.6. The molecule has 0 bridgehead atoms. The summed E-state index contributed by atoms with van der Waals surface area (Å²) in [6.45, 7) is 2.04. The SMILES string of the molecule is CCc1ccccc1.N#Cc1nc(C(=O)NCCC(=O)O)c(O)c2ccc(Oc3ccccc3)cc12. The number of carbonyl (C=O) groups is 2. The maximum Gasteiger partial charge on any atom is 0.305 e. The Labute approximate surface area is 208 Å². The minimum atomic E-state index is -1.07. The summed E-state index contributed by atoms with van der Waals surface area (Å²) in [5.41, 5.74) is 1.01. The number of aliphatic carboxylic acids is 1. The van der Waals surface area contributed by atoms with Crippen LogP contribution in [0.4, 0.5) is 0 Å². The van der Waals surface area contributed by atoms with Crippen LogP contribution in [0.15, 0.2) is 78.9 Å². The second-order valence-electron chi connectivity index (χ2n) is 7.63. The molecule has 0 spiro atoms. The van der Waals surface area contributed by atoms with Crippen LogP contribution in [0.5, 0.6) is 17.2 Å². The zero-order chi connectivity index (χ0) is 25.9. The molecule has 0 radical (unpaired) electrons. The smallest absolute Gasteiger partial charge is 0.305 e. The van der Waals surface area contributed by atoms with E-state index in [1.54, 1.807) is 24.3 Å². The fraction of sp³-hybridized carbons (Fsp3) is 0.143. The van der Waals surface area contributed by atoms with Crippen LogP contribution in [-0.2, 0) is 11.2 Å². The number of ether oxygens (including phenoxy) is 1.